The van der Waals surface area contributed by atoms with Gasteiger partial charge in [-0.25, -0.2) is 0 Å². The molecule has 0 unspecified atom stereocenters. The second-order valence-electron chi connectivity index (χ2n) is 6.15. The van der Waals surface area contributed by atoms with Gasteiger partial charge in [-0.15, -0.1) is 0 Å². The van der Waals surface area contributed by atoms with E-state index in [1.54, 1.807) is 24.3 Å². The first-order chi connectivity index (χ1) is 11.9. The van der Waals surface area contributed by atoms with Gasteiger partial charge in [0.25, 0.3) is 5.69 Å². The summed E-state index contributed by atoms with van der Waals surface area (Å²) < 4.78 is 0. The fraction of sp³-hybridized carbons (Fsp3) is 0.316. The van der Waals surface area contributed by atoms with Crippen LogP contribution in [0.5, 0.6) is 0 Å². The van der Waals surface area contributed by atoms with Crippen LogP contribution in [-0.4, -0.2) is 17.4 Å². The lowest BCUT2D eigenvalue weighted by atomic mass is 10.1. The van der Waals surface area contributed by atoms with Crippen molar-refractivity contribution in [2.24, 2.45) is 10.7 Å². The third-order valence-electron chi connectivity index (χ3n) is 3.80. The summed E-state index contributed by atoms with van der Waals surface area (Å²) in [6.07, 6.45) is 2.74. The molecule has 0 saturated carbocycles. The number of hydrogen-bond acceptors (Lipinski definition) is 3. The molecule has 2 aromatic rings. The molecule has 25 heavy (non-hydrogen) atoms. The van der Waals surface area contributed by atoms with E-state index in [-0.39, 0.29) is 10.6 Å². The van der Waals surface area contributed by atoms with Crippen molar-refractivity contribution in [1.29, 1.82) is 0 Å². The molecule has 0 atom stereocenters. The van der Waals surface area contributed by atoms with E-state index in [1.807, 2.05) is 26.0 Å². The van der Waals surface area contributed by atoms with Crippen LogP contribution in [0.4, 0.5) is 11.4 Å². The van der Waals surface area contributed by atoms with Crippen LogP contribution in [0, 0.1) is 24.0 Å². The lowest BCUT2D eigenvalue weighted by Crippen LogP contribution is -2.23. The van der Waals surface area contributed by atoms with Gasteiger partial charge in [0.2, 0.25) is 0 Å². The van der Waals surface area contributed by atoms with E-state index in [2.05, 4.69) is 16.4 Å². The quantitative estimate of drug-likeness (QED) is 0.262. The number of aliphatic imine (C=N–C) groups is 1. The van der Waals surface area contributed by atoms with Crippen molar-refractivity contribution in [3.05, 3.63) is 69.3 Å². The standard InChI is InChI=1S/C19H24N4O2/c1-14-11-15(2)13-17(12-14)22-19(20)21-10-4-3-5-16-6-8-18(9-7-16)23(24)25/h6-9,11-13H,3-5,10H2,1-2H3,(H3,20,21,22). The molecule has 0 aromatic heterocycles. The molecule has 6 nitrogen and oxygen atoms in total. The molecular formula is C19H24N4O2. The van der Waals surface area contributed by atoms with Gasteiger partial charge in [0.1, 0.15) is 0 Å². The Hall–Kier alpha value is -2.89. The van der Waals surface area contributed by atoms with E-state index in [1.165, 1.54) is 11.1 Å². The molecule has 0 radical (unpaired) electrons. The van der Waals surface area contributed by atoms with Crippen molar-refractivity contribution in [1.82, 2.24) is 0 Å². The maximum absolute atomic E-state index is 10.6. The molecule has 3 N–H and O–H groups in total. The molecule has 2 rings (SSSR count). The average Bonchev–Trinajstić information content (AvgIpc) is 2.54. The molecule has 0 aliphatic rings. The van der Waals surface area contributed by atoms with E-state index >= 15 is 0 Å². The number of benzene rings is 2. The van der Waals surface area contributed by atoms with Gasteiger partial charge in [0, 0.05) is 24.4 Å². The van der Waals surface area contributed by atoms with Crippen LogP contribution in [0.25, 0.3) is 0 Å². The lowest BCUT2D eigenvalue weighted by molar-refractivity contribution is -0.384. The summed E-state index contributed by atoms with van der Waals surface area (Å²) in [5.41, 5.74) is 10.4. The summed E-state index contributed by atoms with van der Waals surface area (Å²) in [6.45, 7) is 4.74. The fourth-order valence-electron chi connectivity index (χ4n) is 2.66. The topological polar surface area (TPSA) is 93.5 Å². The first-order valence-corrected chi connectivity index (χ1v) is 8.32. The summed E-state index contributed by atoms with van der Waals surface area (Å²) in [5, 5.41) is 13.7. The molecule has 0 heterocycles. The Kier molecular flexibility index (Phi) is 6.51. The number of unbranched alkanes of at least 4 members (excludes halogenated alkanes) is 1. The smallest absolute Gasteiger partial charge is 0.269 e. The molecule has 132 valence electrons. The number of hydrogen-bond donors (Lipinski definition) is 2. The van der Waals surface area contributed by atoms with E-state index in [9.17, 15) is 10.1 Å². The van der Waals surface area contributed by atoms with Crippen LogP contribution >= 0.6 is 0 Å². The normalized spacial score (nSPS) is 11.4. The Morgan fingerprint density at radius 1 is 1.12 bits per heavy atom. The molecular weight excluding hydrogens is 316 g/mol. The van der Waals surface area contributed by atoms with E-state index < -0.39 is 0 Å². The molecule has 0 amide bonds. The largest absolute Gasteiger partial charge is 0.370 e. The number of nitro benzene ring substituents is 1. The number of nitrogens with zero attached hydrogens (tertiary/aromatic N) is 2. The first kappa shape index (κ1) is 18.4. The van der Waals surface area contributed by atoms with Crippen molar-refractivity contribution in [3.8, 4) is 0 Å². The summed E-state index contributed by atoms with van der Waals surface area (Å²) in [4.78, 5) is 14.6. The number of nitrogens with one attached hydrogen (secondary N) is 1. The van der Waals surface area contributed by atoms with E-state index in [0.717, 1.165) is 30.5 Å². The van der Waals surface area contributed by atoms with Gasteiger partial charge >= 0.3 is 0 Å². The van der Waals surface area contributed by atoms with Gasteiger partial charge in [0.05, 0.1) is 4.92 Å². The van der Waals surface area contributed by atoms with Crippen molar-refractivity contribution >= 4 is 17.3 Å². The molecule has 0 saturated heterocycles. The van der Waals surface area contributed by atoms with Gasteiger partial charge in [-0.1, -0.05) is 18.2 Å². The van der Waals surface area contributed by atoms with Crippen LogP contribution in [0.15, 0.2) is 47.5 Å². The van der Waals surface area contributed by atoms with Crippen molar-refractivity contribution in [2.45, 2.75) is 33.1 Å². The number of non-ortho nitro benzene ring substituents is 1. The van der Waals surface area contributed by atoms with Gasteiger partial charge in [-0.05, 0) is 61.9 Å². The van der Waals surface area contributed by atoms with Crippen molar-refractivity contribution in [2.75, 3.05) is 11.9 Å². The van der Waals surface area contributed by atoms with Crippen LogP contribution in [-0.2, 0) is 6.42 Å². The van der Waals surface area contributed by atoms with Crippen molar-refractivity contribution < 1.29 is 4.92 Å². The predicted molar refractivity (Wildman–Crippen MR) is 102 cm³/mol. The molecule has 6 heteroatoms. The average molecular weight is 340 g/mol. The minimum absolute atomic E-state index is 0.124. The maximum Gasteiger partial charge on any atom is 0.269 e. The second-order valence-corrected chi connectivity index (χ2v) is 6.15. The third kappa shape index (κ3) is 6.25. The Morgan fingerprint density at radius 2 is 1.76 bits per heavy atom. The Morgan fingerprint density at radius 3 is 2.36 bits per heavy atom. The number of nitro groups is 1. The SMILES string of the molecule is Cc1cc(C)cc(NC(N)=NCCCCc2ccc([N+](=O)[O-])cc2)c1. The highest BCUT2D eigenvalue weighted by Gasteiger charge is 2.03. The summed E-state index contributed by atoms with van der Waals surface area (Å²) >= 11 is 0. The Labute approximate surface area is 147 Å². The molecule has 0 fully saturated rings. The number of aryl methyl sites for hydroxylation is 3. The van der Waals surface area contributed by atoms with Gasteiger partial charge in [-0.3, -0.25) is 15.1 Å². The molecule has 0 bridgehead atoms. The summed E-state index contributed by atoms with van der Waals surface area (Å²) in [6, 6.07) is 12.9. The zero-order valence-electron chi connectivity index (χ0n) is 14.7. The zero-order chi connectivity index (χ0) is 18.2. The summed E-state index contributed by atoms with van der Waals surface area (Å²) in [5.74, 6) is 0.417. The number of nitrogens with two attached hydrogens (primary N) is 1. The van der Waals surface area contributed by atoms with Crippen LogP contribution in [0.2, 0.25) is 0 Å². The fourth-order valence-corrected chi connectivity index (χ4v) is 2.66. The molecule has 0 spiro atoms. The lowest BCUT2D eigenvalue weighted by Gasteiger charge is -2.08. The Balaban J connectivity index is 1.74. The maximum atomic E-state index is 10.6. The van der Waals surface area contributed by atoms with Gasteiger partial charge in [-0.2, -0.15) is 0 Å². The third-order valence-corrected chi connectivity index (χ3v) is 3.80. The molecule has 0 aliphatic carbocycles. The van der Waals surface area contributed by atoms with Gasteiger partial charge in [0.15, 0.2) is 5.96 Å². The highest BCUT2D eigenvalue weighted by atomic mass is 16.6. The highest BCUT2D eigenvalue weighted by molar-refractivity contribution is 5.92. The summed E-state index contributed by atoms with van der Waals surface area (Å²) in [7, 11) is 0. The molecule has 0 aliphatic heterocycles. The van der Waals surface area contributed by atoms with Crippen LogP contribution in [0.3, 0.4) is 0 Å². The van der Waals surface area contributed by atoms with Crippen LogP contribution < -0.4 is 11.1 Å². The zero-order valence-corrected chi connectivity index (χ0v) is 14.7. The van der Waals surface area contributed by atoms with Crippen LogP contribution in [0.1, 0.15) is 29.5 Å². The number of rotatable bonds is 7. The van der Waals surface area contributed by atoms with E-state index in [0.29, 0.717) is 12.5 Å². The van der Waals surface area contributed by atoms with Gasteiger partial charge < -0.3 is 11.1 Å². The Bertz CT molecular complexity index is 734. The number of guanidine groups is 1. The minimum Gasteiger partial charge on any atom is -0.370 e. The number of anilines is 1. The highest BCUT2D eigenvalue weighted by Crippen LogP contribution is 2.14. The predicted octanol–water partition coefficient (Wildman–Crippen LogP) is 3.96. The minimum atomic E-state index is -0.385. The second kappa shape index (κ2) is 8.82. The van der Waals surface area contributed by atoms with Crippen molar-refractivity contribution in [3.63, 3.8) is 0 Å². The first-order valence-electron chi connectivity index (χ1n) is 8.32. The van der Waals surface area contributed by atoms with E-state index in [4.69, 9.17) is 5.73 Å². The molecule has 2 aromatic carbocycles. The monoisotopic (exact) mass is 340 g/mol.